The van der Waals surface area contributed by atoms with E-state index in [1.165, 1.54) is 0 Å². The fourth-order valence-electron chi connectivity index (χ4n) is 0. The van der Waals surface area contributed by atoms with Gasteiger partial charge in [0.15, 0.2) is 0 Å². The van der Waals surface area contributed by atoms with Crippen molar-refractivity contribution >= 4 is 6.16 Å². The van der Waals surface area contributed by atoms with E-state index in [1.807, 2.05) is 0 Å². The maximum atomic E-state index is 8.33. The van der Waals surface area contributed by atoms with Gasteiger partial charge < -0.3 is 41.3 Å². The molecule has 0 aromatic carbocycles. The number of carbonyl (C=O) groups is 1. The first-order valence-corrected chi connectivity index (χ1v) is 1.16. The molecule has 0 aromatic rings. The van der Waals surface area contributed by atoms with Crippen LogP contribution in [0.15, 0.2) is 0 Å². The molecule has 0 saturated heterocycles. The van der Waals surface area contributed by atoms with Crippen LogP contribution in [0.25, 0.3) is 0 Å². The van der Waals surface area contributed by atoms with Gasteiger partial charge in [0.25, 0.3) is 0 Å². The Balaban J connectivity index is -0.0000000171. The van der Waals surface area contributed by atoms with E-state index in [0.29, 0.717) is 0 Å². The van der Waals surface area contributed by atoms with Crippen molar-refractivity contribution in [3.8, 4) is 0 Å². The Hall–Kier alpha value is -1.10. The van der Waals surface area contributed by atoms with Crippen molar-refractivity contribution < 1.29 is 47.8 Å². The average Bonchev–Trinajstić information content (AvgIpc) is 1.25. The summed E-state index contributed by atoms with van der Waals surface area (Å²) >= 11 is 0. The van der Waals surface area contributed by atoms with Crippen LogP contribution in [-0.2, 0) is 16.8 Å². The van der Waals surface area contributed by atoms with Crippen LogP contribution in [0, 0.1) is 15.3 Å². The fourth-order valence-corrected chi connectivity index (χ4v) is 0. The Bertz CT molecular complexity index is 72.1. The first-order chi connectivity index (χ1) is 3.46. The molecule has 0 spiro atoms. The summed E-state index contributed by atoms with van der Waals surface area (Å²) in [5.41, 5.74) is 0. The molecule has 0 amide bonds. The van der Waals surface area contributed by atoms with Crippen molar-refractivity contribution in [2.24, 2.45) is 0 Å². The summed E-state index contributed by atoms with van der Waals surface area (Å²) in [6.45, 7) is 0. The van der Waals surface area contributed by atoms with Gasteiger partial charge in [0.2, 0.25) is 0 Å². The molecule has 9 nitrogen and oxygen atoms in total. The Labute approximate surface area is 70.2 Å². The van der Waals surface area contributed by atoms with Crippen LogP contribution in [0.1, 0.15) is 0 Å². The van der Waals surface area contributed by atoms with Gasteiger partial charge in [0, 0.05) is 0 Å². The summed E-state index contributed by atoms with van der Waals surface area (Å²) in [5.74, 6) is 0. The van der Waals surface area contributed by atoms with E-state index in [-0.39, 0.29) is 27.7 Å². The second-order valence-electron chi connectivity index (χ2n) is 0.474. The predicted molar refractivity (Wildman–Crippen MR) is 23.0 cm³/mol. The quantitative estimate of drug-likeness (QED) is 0.290. The smallest absolute Gasteiger partial charge is 0.652 e. The molecule has 0 aliphatic heterocycles. The molecule has 0 aromatic heterocycles. The number of carboxylic acid groups (broad SMARTS) is 2. The van der Waals surface area contributed by atoms with Crippen molar-refractivity contribution in [1.29, 1.82) is 0 Å². The van der Waals surface area contributed by atoms with Gasteiger partial charge in [-0.05, 0) is 6.16 Å². The standard InChI is InChI=1S/CH2O3.Co.NO3.2H2O/c2-1(3)4;;2-1(3)4;;/h(H2,2,3,4);;;2*1H2/q;+3;-1;;/p-2. The first kappa shape index (κ1) is 32.7. The molecule has 10 heteroatoms. The summed E-state index contributed by atoms with van der Waals surface area (Å²) in [6, 6.07) is 0. The number of hydrogen-bond acceptors (Lipinski definition) is 6. The van der Waals surface area contributed by atoms with E-state index in [0.717, 1.165) is 0 Å². The molecule has 0 radical (unpaired) electrons. The fraction of sp³-hybridized carbons (Fsp3) is 0. The van der Waals surface area contributed by atoms with Gasteiger partial charge in [-0.25, -0.2) is 0 Å². The molecule has 0 bridgehead atoms. The van der Waals surface area contributed by atoms with E-state index in [2.05, 4.69) is 0 Å². The van der Waals surface area contributed by atoms with E-state index < -0.39 is 11.2 Å². The molecule has 0 aliphatic rings. The number of rotatable bonds is 0. The Kier molecular flexibility index (Phi) is 68.7. The van der Waals surface area contributed by atoms with Gasteiger partial charge in [0.05, 0.1) is 5.09 Å². The van der Waals surface area contributed by atoms with Crippen LogP contribution in [0.3, 0.4) is 0 Å². The minimum Gasteiger partial charge on any atom is -0.652 e. The Morgan fingerprint density at radius 2 is 1.09 bits per heavy atom. The van der Waals surface area contributed by atoms with Gasteiger partial charge in [0.1, 0.15) is 0 Å². The Morgan fingerprint density at radius 3 is 1.09 bits per heavy atom. The molecule has 0 rings (SSSR count). The second-order valence-corrected chi connectivity index (χ2v) is 0.474. The molecule has 0 aliphatic carbocycles. The molecule has 0 heterocycles. The van der Waals surface area contributed by atoms with Crippen molar-refractivity contribution in [3.63, 3.8) is 0 Å². The number of hydrogen-bond donors (Lipinski definition) is 0. The van der Waals surface area contributed by atoms with Crippen LogP contribution in [0.5, 0.6) is 0 Å². The molecule has 0 atom stereocenters. The van der Waals surface area contributed by atoms with E-state index >= 15 is 0 Å². The maximum absolute atomic E-state index is 8.33. The van der Waals surface area contributed by atoms with Crippen LogP contribution in [0.4, 0.5) is 4.79 Å². The minimum atomic E-state index is -2.33. The zero-order chi connectivity index (χ0) is 7.15. The zero-order valence-corrected chi connectivity index (χ0v) is 5.77. The van der Waals surface area contributed by atoms with Gasteiger partial charge >= 0.3 is 16.8 Å². The summed E-state index contributed by atoms with van der Waals surface area (Å²) in [7, 11) is 0. The van der Waals surface area contributed by atoms with Crippen molar-refractivity contribution in [3.05, 3.63) is 15.3 Å². The van der Waals surface area contributed by atoms with E-state index in [1.54, 1.807) is 0 Å². The molecule has 4 N–H and O–H groups in total. The first-order valence-electron chi connectivity index (χ1n) is 1.16. The third-order valence-corrected chi connectivity index (χ3v) is 0. The molecule has 0 saturated carbocycles. The van der Waals surface area contributed by atoms with Crippen LogP contribution < -0.4 is 10.2 Å². The molecule has 70 valence electrons. The van der Waals surface area contributed by atoms with Gasteiger partial charge in [-0.2, -0.15) is 0 Å². The van der Waals surface area contributed by atoms with Gasteiger partial charge in [-0.15, -0.1) is 0 Å². The maximum Gasteiger partial charge on any atom is 3.00 e. The average molecular weight is 217 g/mol. The predicted octanol–water partition coefficient (Wildman–Crippen LogP) is -4.34. The largest absolute Gasteiger partial charge is 3.00 e. The summed E-state index contributed by atoms with van der Waals surface area (Å²) in [6.07, 6.45) is -2.33. The van der Waals surface area contributed by atoms with Crippen molar-refractivity contribution in [1.82, 2.24) is 0 Å². The molecular formula is CH4CoNO8. The molecule has 0 fully saturated rings. The third kappa shape index (κ3) is 347. The van der Waals surface area contributed by atoms with Gasteiger partial charge in [-0.1, -0.05) is 0 Å². The second kappa shape index (κ2) is 23.1. The van der Waals surface area contributed by atoms with Crippen LogP contribution >= 0.6 is 0 Å². The topological polar surface area (TPSA) is 192 Å². The van der Waals surface area contributed by atoms with Crippen molar-refractivity contribution in [2.45, 2.75) is 0 Å². The van der Waals surface area contributed by atoms with Gasteiger partial charge in [-0.3, -0.25) is 0 Å². The molecule has 11 heavy (non-hydrogen) atoms. The molecule has 0 unspecified atom stereocenters. The molecular weight excluding hydrogens is 213 g/mol. The van der Waals surface area contributed by atoms with E-state index in [4.69, 9.17) is 30.3 Å². The minimum absolute atomic E-state index is 0. The van der Waals surface area contributed by atoms with Crippen LogP contribution in [0.2, 0.25) is 0 Å². The Morgan fingerprint density at radius 1 is 1.09 bits per heavy atom. The monoisotopic (exact) mass is 217 g/mol. The van der Waals surface area contributed by atoms with Crippen LogP contribution in [-0.4, -0.2) is 22.2 Å². The number of carbonyl (C=O) groups excluding carboxylic acids is 1. The third-order valence-electron chi connectivity index (χ3n) is 0. The summed E-state index contributed by atoms with van der Waals surface area (Å²) < 4.78 is 0. The normalized spacial score (nSPS) is 4.36. The zero-order valence-electron chi connectivity index (χ0n) is 4.73. The SMILES string of the molecule is O.O.O=C([O-])[O-].O=[N+]([O-])[O-].[Co+3]. The summed E-state index contributed by atoms with van der Waals surface area (Å²) in [5, 5.41) is 31.4. The summed E-state index contributed by atoms with van der Waals surface area (Å²) in [4.78, 5) is 16.6. The van der Waals surface area contributed by atoms with E-state index in [9.17, 15) is 0 Å². The van der Waals surface area contributed by atoms with Crippen molar-refractivity contribution in [2.75, 3.05) is 0 Å². The number of nitrogens with zero attached hydrogens (tertiary/aromatic N) is 1.